The van der Waals surface area contributed by atoms with Crippen molar-refractivity contribution < 1.29 is 0 Å². The summed E-state index contributed by atoms with van der Waals surface area (Å²) in [6, 6.07) is 0. The summed E-state index contributed by atoms with van der Waals surface area (Å²) in [5.41, 5.74) is 0.199. The zero-order valence-corrected chi connectivity index (χ0v) is 6.97. The Kier molecular flexibility index (Phi) is 2.68. The smallest absolute Gasteiger partial charge is 0.0298 e. The first-order valence-electron chi connectivity index (χ1n) is 3.14. The van der Waals surface area contributed by atoms with Crippen molar-refractivity contribution in [2.45, 2.75) is 20.8 Å². The van der Waals surface area contributed by atoms with Gasteiger partial charge < -0.3 is 5.01 Å². The van der Waals surface area contributed by atoms with Crippen molar-refractivity contribution >= 4 is 6.21 Å². The summed E-state index contributed by atoms with van der Waals surface area (Å²) in [6.07, 6.45) is 1.94. The predicted octanol–water partition coefficient (Wildman–Crippen LogP) is 1.58. The van der Waals surface area contributed by atoms with Gasteiger partial charge in [-0.05, 0) is 5.41 Å². The van der Waals surface area contributed by atoms with Crippen molar-refractivity contribution in [1.29, 1.82) is 0 Å². The second-order valence-electron chi connectivity index (χ2n) is 3.46. The Balaban J connectivity index is 3.71. The summed E-state index contributed by atoms with van der Waals surface area (Å²) in [5, 5.41) is 5.90. The van der Waals surface area contributed by atoms with E-state index in [9.17, 15) is 0 Å². The zero-order valence-electron chi connectivity index (χ0n) is 6.97. The number of hydrazone groups is 1. The molecule has 0 rings (SSSR count). The van der Waals surface area contributed by atoms with Crippen LogP contribution in [0.15, 0.2) is 5.10 Å². The molecule has 9 heavy (non-hydrogen) atoms. The summed E-state index contributed by atoms with van der Waals surface area (Å²) < 4.78 is 0. The molecule has 0 spiro atoms. The highest BCUT2D eigenvalue weighted by Crippen LogP contribution is 2.07. The van der Waals surface area contributed by atoms with E-state index in [1.165, 1.54) is 0 Å². The monoisotopic (exact) mass is 128 g/mol. The lowest BCUT2D eigenvalue weighted by atomic mass is 9.99. The van der Waals surface area contributed by atoms with Crippen molar-refractivity contribution in [2.75, 3.05) is 14.1 Å². The molecule has 0 aromatic heterocycles. The minimum atomic E-state index is 0.199. The van der Waals surface area contributed by atoms with E-state index in [1.54, 1.807) is 5.01 Å². The normalized spacial score (nSPS) is 12.6. The molecule has 0 aliphatic rings. The average molecular weight is 128 g/mol. The van der Waals surface area contributed by atoms with Crippen LogP contribution >= 0.6 is 0 Å². The minimum Gasteiger partial charge on any atom is -0.303 e. The molecule has 2 heteroatoms. The molecule has 0 N–H and O–H groups in total. The van der Waals surface area contributed by atoms with Gasteiger partial charge in [0.1, 0.15) is 0 Å². The van der Waals surface area contributed by atoms with Crippen LogP contribution in [0.3, 0.4) is 0 Å². The maximum absolute atomic E-state index is 4.10. The molecule has 0 amide bonds. The Bertz CT molecular complexity index is 98.0. The lowest BCUT2D eigenvalue weighted by Crippen LogP contribution is -2.11. The molecule has 0 saturated carbocycles. The molecular formula is C7H16N2. The van der Waals surface area contributed by atoms with E-state index in [2.05, 4.69) is 25.9 Å². The average Bonchev–Trinajstić information content (AvgIpc) is 1.59. The molecule has 0 unspecified atom stereocenters. The van der Waals surface area contributed by atoms with Gasteiger partial charge in [-0.15, -0.1) is 0 Å². The van der Waals surface area contributed by atoms with Gasteiger partial charge in [-0.2, -0.15) is 5.10 Å². The van der Waals surface area contributed by atoms with Crippen molar-refractivity contribution in [2.24, 2.45) is 10.5 Å². The van der Waals surface area contributed by atoms with E-state index >= 15 is 0 Å². The quantitative estimate of drug-likeness (QED) is 0.386. The molecule has 54 valence electrons. The fourth-order valence-electron chi connectivity index (χ4n) is 0.289. The van der Waals surface area contributed by atoms with Crippen LogP contribution in [0, 0.1) is 5.41 Å². The van der Waals surface area contributed by atoms with Gasteiger partial charge in [0.2, 0.25) is 0 Å². The van der Waals surface area contributed by atoms with Crippen LogP contribution in [0.5, 0.6) is 0 Å². The number of nitrogens with zero attached hydrogens (tertiary/aromatic N) is 2. The van der Waals surface area contributed by atoms with Crippen molar-refractivity contribution in [3.05, 3.63) is 0 Å². The fourth-order valence-corrected chi connectivity index (χ4v) is 0.289. The van der Waals surface area contributed by atoms with Crippen LogP contribution < -0.4 is 0 Å². The highest BCUT2D eigenvalue weighted by Gasteiger charge is 2.04. The lowest BCUT2D eigenvalue weighted by Gasteiger charge is -2.12. The van der Waals surface area contributed by atoms with Crippen LogP contribution in [0.4, 0.5) is 0 Å². The van der Waals surface area contributed by atoms with Crippen molar-refractivity contribution in [3.63, 3.8) is 0 Å². The van der Waals surface area contributed by atoms with Crippen LogP contribution in [-0.4, -0.2) is 25.3 Å². The van der Waals surface area contributed by atoms with E-state index in [1.807, 2.05) is 20.3 Å². The molecule has 0 aromatic carbocycles. The first kappa shape index (κ1) is 8.47. The van der Waals surface area contributed by atoms with E-state index in [0.717, 1.165) is 0 Å². The van der Waals surface area contributed by atoms with Gasteiger partial charge in [0.05, 0.1) is 0 Å². The maximum atomic E-state index is 4.10. The van der Waals surface area contributed by atoms with Crippen LogP contribution in [0.1, 0.15) is 20.8 Å². The van der Waals surface area contributed by atoms with Crippen LogP contribution in [0.2, 0.25) is 0 Å². The molecular weight excluding hydrogens is 112 g/mol. The summed E-state index contributed by atoms with van der Waals surface area (Å²) >= 11 is 0. The van der Waals surface area contributed by atoms with Gasteiger partial charge in [0.25, 0.3) is 0 Å². The molecule has 0 saturated heterocycles. The Morgan fingerprint density at radius 1 is 1.22 bits per heavy atom. The molecule has 0 bridgehead atoms. The second kappa shape index (κ2) is 2.85. The van der Waals surface area contributed by atoms with Gasteiger partial charge in [-0.1, -0.05) is 20.8 Å². The topological polar surface area (TPSA) is 15.6 Å². The molecule has 0 heterocycles. The van der Waals surface area contributed by atoms with E-state index < -0.39 is 0 Å². The Morgan fingerprint density at radius 2 is 1.67 bits per heavy atom. The third kappa shape index (κ3) is 7.47. The third-order valence-corrected chi connectivity index (χ3v) is 0.676. The first-order chi connectivity index (χ1) is 3.92. The van der Waals surface area contributed by atoms with E-state index in [0.29, 0.717) is 0 Å². The van der Waals surface area contributed by atoms with Crippen molar-refractivity contribution in [3.8, 4) is 0 Å². The molecule has 2 nitrogen and oxygen atoms in total. The molecule has 0 atom stereocenters. The summed E-state index contributed by atoms with van der Waals surface area (Å²) in [7, 11) is 3.84. The summed E-state index contributed by atoms with van der Waals surface area (Å²) in [4.78, 5) is 0. The first-order valence-corrected chi connectivity index (χ1v) is 3.14. The number of hydrogen-bond donors (Lipinski definition) is 0. The van der Waals surface area contributed by atoms with Gasteiger partial charge in [0.15, 0.2) is 0 Å². The third-order valence-electron chi connectivity index (χ3n) is 0.676. The SMILES string of the molecule is CN(C)/N=C/C(C)(C)C. The van der Waals surface area contributed by atoms with Gasteiger partial charge in [-0.3, -0.25) is 0 Å². The van der Waals surface area contributed by atoms with Gasteiger partial charge in [0, 0.05) is 20.3 Å². The maximum Gasteiger partial charge on any atom is 0.0298 e. The van der Waals surface area contributed by atoms with Crippen LogP contribution in [-0.2, 0) is 0 Å². The molecule has 0 fully saturated rings. The minimum absolute atomic E-state index is 0.199. The predicted molar refractivity (Wildman–Crippen MR) is 41.6 cm³/mol. The Hall–Kier alpha value is -0.530. The highest BCUT2D eigenvalue weighted by molar-refractivity contribution is 5.63. The molecule has 0 aliphatic heterocycles. The highest BCUT2D eigenvalue weighted by atomic mass is 15.4. The van der Waals surface area contributed by atoms with Crippen molar-refractivity contribution in [1.82, 2.24) is 5.01 Å². The molecule has 0 radical (unpaired) electrons. The standard InChI is InChI=1S/C7H16N2/c1-7(2,3)6-8-9(4)5/h6H,1-5H3/b8-6+. The number of rotatable bonds is 1. The summed E-state index contributed by atoms with van der Waals surface area (Å²) in [5.74, 6) is 0. The van der Waals surface area contributed by atoms with Gasteiger partial charge >= 0.3 is 0 Å². The van der Waals surface area contributed by atoms with E-state index in [-0.39, 0.29) is 5.41 Å². The van der Waals surface area contributed by atoms with Gasteiger partial charge in [-0.25, -0.2) is 0 Å². The van der Waals surface area contributed by atoms with Crippen LogP contribution in [0.25, 0.3) is 0 Å². The Labute approximate surface area is 57.6 Å². The zero-order chi connectivity index (χ0) is 7.49. The Morgan fingerprint density at radius 3 is 1.78 bits per heavy atom. The largest absolute Gasteiger partial charge is 0.303 e. The molecule has 0 aromatic rings. The summed E-state index contributed by atoms with van der Waals surface area (Å²) in [6.45, 7) is 6.38. The van der Waals surface area contributed by atoms with E-state index in [4.69, 9.17) is 0 Å². The molecule has 0 aliphatic carbocycles. The number of hydrogen-bond acceptors (Lipinski definition) is 2. The second-order valence-corrected chi connectivity index (χ2v) is 3.46. The lowest BCUT2D eigenvalue weighted by molar-refractivity contribution is 0.430. The fraction of sp³-hybridized carbons (Fsp3) is 0.857.